The van der Waals surface area contributed by atoms with E-state index in [4.69, 9.17) is 0 Å². The summed E-state index contributed by atoms with van der Waals surface area (Å²) in [6.45, 7) is 7.23. The van der Waals surface area contributed by atoms with Crippen molar-refractivity contribution < 1.29 is 9.59 Å². The first-order valence-corrected chi connectivity index (χ1v) is 7.79. The van der Waals surface area contributed by atoms with E-state index < -0.39 is 0 Å². The fourth-order valence-electron chi connectivity index (χ4n) is 1.80. The van der Waals surface area contributed by atoms with Crippen LogP contribution in [0.15, 0.2) is 24.3 Å². The number of benzene rings is 1. The maximum Gasteiger partial charge on any atom is 0.253 e. The molecule has 1 atom stereocenters. The van der Waals surface area contributed by atoms with Gasteiger partial charge in [0.2, 0.25) is 5.91 Å². The van der Waals surface area contributed by atoms with E-state index in [0.29, 0.717) is 24.3 Å². The van der Waals surface area contributed by atoms with Crippen LogP contribution >= 0.6 is 15.9 Å². The van der Waals surface area contributed by atoms with Crippen LogP contribution in [0.2, 0.25) is 0 Å². The SMILES string of the molecule is CCC(Br)C(=O)Nc1ccc(C(=O)N(CC)CC)cc1. The molecule has 0 aromatic heterocycles. The van der Waals surface area contributed by atoms with E-state index >= 15 is 0 Å². The molecule has 2 amide bonds. The Kier molecular flexibility index (Phi) is 6.71. The molecule has 1 unspecified atom stereocenters. The molecule has 5 heteroatoms. The van der Waals surface area contributed by atoms with E-state index in [1.807, 2.05) is 20.8 Å². The first kappa shape index (κ1) is 16.7. The van der Waals surface area contributed by atoms with Crippen LogP contribution in [0, 0.1) is 0 Å². The molecule has 1 aromatic rings. The van der Waals surface area contributed by atoms with Crippen molar-refractivity contribution in [2.24, 2.45) is 0 Å². The molecule has 1 aromatic carbocycles. The number of nitrogens with zero attached hydrogens (tertiary/aromatic N) is 1. The Hall–Kier alpha value is -1.36. The Bertz CT molecular complexity index is 455. The first-order chi connectivity index (χ1) is 9.53. The molecule has 0 spiro atoms. The average Bonchev–Trinajstić information content (AvgIpc) is 2.48. The predicted octanol–water partition coefficient (Wildman–Crippen LogP) is 3.28. The maximum absolute atomic E-state index is 12.1. The highest BCUT2D eigenvalue weighted by molar-refractivity contribution is 9.10. The van der Waals surface area contributed by atoms with Crippen molar-refractivity contribution in [2.75, 3.05) is 18.4 Å². The third-order valence-electron chi connectivity index (χ3n) is 3.09. The number of anilines is 1. The van der Waals surface area contributed by atoms with Crippen molar-refractivity contribution in [3.63, 3.8) is 0 Å². The van der Waals surface area contributed by atoms with Gasteiger partial charge in [-0.15, -0.1) is 0 Å². The van der Waals surface area contributed by atoms with Crippen LogP contribution < -0.4 is 5.32 Å². The van der Waals surface area contributed by atoms with Crippen molar-refractivity contribution in [1.29, 1.82) is 0 Å². The molecule has 4 nitrogen and oxygen atoms in total. The largest absolute Gasteiger partial charge is 0.339 e. The molecule has 1 rings (SSSR count). The minimum Gasteiger partial charge on any atom is -0.339 e. The van der Waals surface area contributed by atoms with Gasteiger partial charge in [-0.25, -0.2) is 0 Å². The van der Waals surface area contributed by atoms with E-state index in [9.17, 15) is 9.59 Å². The Morgan fingerprint density at radius 3 is 2.15 bits per heavy atom. The van der Waals surface area contributed by atoms with Crippen LogP contribution in [0.4, 0.5) is 5.69 Å². The van der Waals surface area contributed by atoms with E-state index in [0.717, 1.165) is 6.42 Å². The second-order valence-corrected chi connectivity index (χ2v) is 5.53. The lowest BCUT2D eigenvalue weighted by Crippen LogP contribution is -2.30. The van der Waals surface area contributed by atoms with E-state index in [1.54, 1.807) is 29.2 Å². The van der Waals surface area contributed by atoms with Crippen molar-refractivity contribution in [3.05, 3.63) is 29.8 Å². The van der Waals surface area contributed by atoms with E-state index in [1.165, 1.54) is 0 Å². The number of alkyl halides is 1. The van der Waals surface area contributed by atoms with Gasteiger partial charge in [0.25, 0.3) is 5.91 Å². The summed E-state index contributed by atoms with van der Waals surface area (Å²) < 4.78 is 0. The molecule has 0 bridgehead atoms. The van der Waals surface area contributed by atoms with Gasteiger partial charge in [-0.2, -0.15) is 0 Å². The number of rotatable bonds is 6. The van der Waals surface area contributed by atoms with Crippen LogP contribution in [-0.4, -0.2) is 34.6 Å². The Morgan fingerprint density at radius 1 is 1.15 bits per heavy atom. The number of nitrogens with one attached hydrogen (secondary N) is 1. The Labute approximate surface area is 128 Å². The standard InChI is InChI=1S/C15H21BrN2O2/c1-4-13(16)14(19)17-12-9-7-11(8-10-12)15(20)18(5-2)6-3/h7-10,13H,4-6H2,1-3H3,(H,17,19). The van der Waals surface area contributed by atoms with Crippen LogP contribution in [0.25, 0.3) is 0 Å². The fourth-order valence-corrected chi connectivity index (χ4v) is 1.91. The van der Waals surface area contributed by atoms with Gasteiger partial charge in [0, 0.05) is 24.3 Å². The lowest BCUT2D eigenvalue weighted by atomic mass is 10.1. The van der Waals surface area contributed by atoms with Crippen molar-refractivity contribution in [2.45, 2.75) is 32.0 Å². The zero-order valence-electron chi connectivity index (χ0n) is 12.1. The highest BCUT2D eigenvalue weighted by Crippen LogP contribution is 2.14. The summed E-state index contributed by atoms with van der Waals surface area (Å²) in [5, 5.41) is 2.81. The van der Waals surface area contributed by atoms with Crippen molar-refractivity contribution in [3.8, 4) is 0 Å². The second kappa shape index (κ2) is 8.04. The van der Waals surface area contributed by atoms with Gasteiger partial charge in [0.1, 0.15) is 0 Å². The number of carbonyl (C=O) groups excluding carboxylic acids is 2. The van der Waals surface area contributed by atoms with Crippen molar-refractivity contribution >= 4 is 33.4 Å². The monoisotopic (exact) mass is 340 g/mol. The maximum atomic E-state index is 12.1. The van der Waals surface area contributed by atoms with Crippen molar-refractivity contribution in [1.82, 2.24) is 4.90 Å². The number of hydrogen-bond acceptors (Lipinski definition) is 2. The highest BCUT2D eigenvalue weighted by atomic mass is 79.9. The van der Waals surface area contributed by atoms with Gasteiger partial charge >= 0.3 is 0 Å². The third-order valence-corrected chi connectivity index (χ3v) is 4.16. The number of carbonyl (C=O) groups is 2. The predicted molar refractivity (Wildman–Crippen MR) is 85.3 cm³/mol. The lowest BCUT2D eigenvalue weighted by molar-refractivity contribution is -0.115. The molecular weight excluding hydrogens is 320 g/mol. The molecule has 0 heterocycles. The molecule has 0 aliphatic heterocycles. The smallest absolute Gasteiger partial charge is 0.253 e. The topological polar surface area (TPSA) is 49.4 Å². The van der Waals surface area contributed by atoms with Gasteiger partial charge in [-0.1, -0.05) is 22.9 Å². The second-order valence-electron chi connectivity index (χ2n) is 4.42. The normalized spacial score (nSPS) is 11.8. The number of halogens is 1. The average molecular weight is 341 g/mol. The summed E-state index contributed by atoms with van der Waals surface area (Å²) in [7, 11) is 0. The van der Waals surface area contributed by atoms with Gasteiger partial charge in [0.15, 0.2) is 0 Å². The van der Waals surface area contributed by atoms with Gasteiger partial charge in [-0.3, -0.25) is 9.59 Å². The minimum absolute atomic E-state index is 0.0137. The van der Waals surface area contributed by atoms with E-state index in [-0.39, 0.29) is 16.6 Å². The highest BCUT2D eigenvalue weighted by Gasteiger charge is 2.14. The summed E-state index contributed by atoms with van der Waals surface area (Å²) in [6, 6.07) is 6.99. The van der Waals surface area contributed by atoms with Gasteiger partial charge in [0.05, 0.1) is 4.83 Å². The Balaban J connectivity index is 2.74. The molecule has 0 aliphatic rings. The number of hydrogen-bond donors (Lipinski definition) is 1. The zero-order valence-corrected chi connectivity index (χ0v) is 13.7. The van der Waals surface area contributed by atoms with E-state index in [2.05, 4.69) is 21.2 Å². The summed E-state index contributed by atoms with van der Waals surface area (Å²) in [4.78, 5) is 25.4. The summed E-state index contributed by atoms with van der Waals surface area (Å²) in [6.07, 6.45) is 0.727. The molecule has 1 N–H and O–H groups in total. The zero-order chi connectivity index (χ0) is 15.1. The molecule has 0 saturated carbocycles. The summed E-state index contributed by atoms with van der Waals surface area (Å²) in [5.74, 6) is -0.0601. The van der Waals surface area contributed by atoms with Crippen LogP contribution in [0.5, 0.6) is 0 Å². The third kappa shape index (κ3) is 4.34. The number of amides is 2. The lowest BCUT2D eigenvalue weighted by Gasteiger charge is -2.18. The van der Waals surface area contributed by atoms with Crippen LogP contribution in [0.3, 0.4) is 0 Å². The molecule has 0 aliphatic carbocycles. The quantitative estimate of drug-likeness (QED) is 0.808. The summed E-state index contributed by atoms with van der Waals surface area (Å²) in [5.41, 5.74) is 1.33. The molecule has 20 heavy (non-hydrogen) atoms. The molecular formula is C15H21BrN2O2. The molecule has 0 saturated heterocycles. The fraction of sp³-hybridized carbons (Fsp3) is 0.467. The molecule has 0 fully saturated rings. The summed E-state index contributed by atoms with van der Waals surface area (Å²) >= 11 is 3.30. The van der Waals surface area contributed by atoms with Gasteiger partial charge in [-0.05, 0) is 44.5 Å². The van der Waals surface area contributed by atoms with Crippen LogP contribution in [0.1, 0.15) is 37.6 Å². The van der Waals surface area contributed by atoms with Crippen LogP contribution in [-0.2, 0) is 4.79 Å². The molecule has 110 valence electrons. The van der Waals surface area contributed by atoms with Gasteiger partial charge < -0.3 is 10.2 Å². The Morgan fingerprint density at radius 2 is 1.70 bits per heavy atom. The minimum atomic E-state index is -0.195. The molecule has 0 radical (unpaired) electrons. The first-order valence-electron chi connectivity index (χ1n) is 6.87.